The number of benzene rings is 2. The minimum Gasteiger partial charge on any atom is -0.322 e. The number of nitrogens with one attached hydrogen (secondary N) is 1. The largest absolute Gasteiger partial charge is 0.322 e. The standard InChI is InChI=1S/C20H22ClN3O2/c1-23-9-11-24(12-10-23)14-19(25)15-5-7-18(8-6-15)22-20(26)16-3-2-4-17(21)13-16/h2-8,13H,9-12,14H2,1H3,(H,22,26). The second-order valence-electron chi connectivity index (χ2n) is 6.54. The summed E-state index contributed by atoms with van der Waals surface area (Å²) >= 11 is 5.91. The molecule has 0 saturated carbocycles. The third-order valence-electron chi connectivity index (χ3n) is 4.51. The van der Waals surface area contributed by atoms with Crippen molar-refractivity contribution in [2.45, 2.75) is 0 Å². The molecule has 0 aromatic heterocycles. The summed E-state index contributed by atoms with van der Waals surface area (Å²) in [5.41, 5.74) is 1.79. The third-order valence-corrected chi connectivity index (χ3v) is 4.75. The zero-order valence-electron chi connectivity index (χ0n) is 14.7. The van der Waals surface area contributed by atoms with Crippen LogP contribution in [0.15, 0.2) is 48.5 Å². The highest BCUT2D eigenvalue weighted by Gasteiger charge is 2.17. The van der Waals surface area contributed by atoms with E-state index in [9.17, 15) is 9.59 Å². The quantitative estimate of drug-likeness (QED) is 0.821. The summed E-state index contributed by atoms with van der Waals surface area (Å²) in [7, 11) is 2.09. The van der Waals surface area contributed by atoms with Gasteiger partial charge < -0.3 is 10.2 Å². The number of anilines is 1. The number of rotatable bonds is 5. The predicted molar refractivity (Wildman–Crippen MR) is 104 cm³/mol. The Morgan fingerprint density at radius 3 is 2.35 bits per heavy atom. The van der Waals surface area contributed by atoms with E-state index < -0.39 is 0 Å². The van der Waals surface area contributed by atoms with E-state index in [1.807, 2.05) is 0 Å². The number of nitrogens with zero attached hydrogens (tertiary/aromatic N) is 2. The number of Topliss-reactive ketones (excluding diaryl/α,β-unsaturated/α-hetero) is 1. The zero-order valence-corrected chi connectivity index (χ0v) is 15.5. The van der Waals surface area contributed by atoms with E-state index in [0.29, 0.717) is 28.4 Å². The lowest BCUT2D eigenvalue weighted by Gasteiger charge is -2.31. The van der Waals surface area contributed by atoms with Crippen molar-refractivity contribution in [3.63, 3.8) is 0 Å². The molecule has 1 aliphatic heterocycles. The molecule has 26 heavy (non-hydrogen) atoms. The molecule has 3 rings (SSSR count). The normalized spacial score (nSPS) is 15.6. The van der Waals surface area contributed by atoms with Gasteiger partial charge in [-0.05, 0) is 49.5 Å². The van der Waals surface area contributed by atoms with E-state index in [2.05, 4.69) is 22.2 Å². The topological polar surface area (TPSA) is 52.6 Å². The minimum atomic E-state index is -0.232. The van der Waals surface area contributed by atoms with Gasteiger partial charge in [-0.2, -0.15) is 0 Å². The van der Waals surface area contributed by atoms with E-state index in [1.54, 1.807) is 48.5 Å². The molecule has 0 aliphatic carbocycles. The van der Waals surface area contributed by atoms with Crippen molar-refractivity contribution in [3.05, 3.63) is 64.7 Å². The molecule has 136 valence electrons. The zero-order chi connectivity index (χ0) is 18.5. The van der Waals surface area contributed by atoms with Crippen LogP contribution in [0.3, 0.4) is 0 Å². The molecule has 0 unspecified atom stereocenters. The van der Waals surface area contributed by atoms with Gasteiger partial charge >= 0.3 is 0 Å². The van der Waals surface area contributed by atoms with Crippen molar-refractivity contribution in [3.8, 4) is 0 Å². The van der Waals surface area contributed by atoms with Gasteiger partial charge in [0.25, 0.3) is 5.91 Å². The Balaban J connectivity index is 1.57. The summed E-state index contributed by atoms with van der Waals surface area (Å²) in [5, 5.41) is 3.33. The highest BCUT2D eigenvalue weighted by molar-refractivity contribution is 6.31. The molecule has 2 aromatic carbocycles. The summed E-state index contributed by atoms with van der Waals surface area (Å²) in [6.07, 6.45) is 0. The molecule has 0 atom stereocenters. The van der Waals surface area contributed by atoms with Gasteiger partial charge in [0.2, 0.25) is 0 Å². The summed E-state index contributed by atoms with van der Waals surface area (Å²) in [6, 6.07) is 13.8. The Labute approximate surface area is 158 Å². The van der Waals surface area contributed by atoms with Crippen LogP contribution in [0.1, 0.15) is 20.7 Å². The third kappa shape index (κ3) is 4.91. The van der Waals surface area contributed by atoms with Crippen molar-refractivity contribution in [2.24, 2.45) is 0 Å². The first-order valence-electron chi connectivity index (χ1n) is 8.62. The number of halogens is 1. The molecule has 1 saturated heterocycles. The van der Waals surface area contributed by atoms with Crippen LogP contribution in [0.5, 0.6) is 0 Å². The number of amides is 1. The first-order valence-corrected chi connectivity index (χ1v) is 9.00. The van der Waals surface area contributed by atoms with E-state index in [0.717, 1.165) is 26.2 Å². The van der Waals surface area contributed by atoms with E-state index in [1.165, 1.54) is 0 Å². The molecule has 6 heteroatoms. The lowest BCUT2D eigenvalue weighted by Crippen LogP contribution is -2.46. The predicted octanol–water partition coefficient (Wildman–Crippen LogP) is 3.02. The Morgan fingerprint density at radius 2 is 1.69 bits per heavy atom. The Bertz CT molecular complexity index is 784. The number of likely N-dealkylation sites (N-methyl/N-ethyl adjacent to an activating group) is 1. The lowest BCUT2D eigenvalue weighted by atomic mass is 10.1. The minimum absolute atomic E-state index is 0.0993. The molecule has 1 amide bonds. The van der Waals surface area contributed by atoms with Crippen LogP contribution >= 0.6 is 11.6 Å². The fourth-order valence-electron chi connectivity index (χ4n) is 2.87. The maximum atomic E-state index is 12.4. The summed E-state index contributed by atoms with van der Waals surface area (Å²) in [5.74, 6) is -0.133. The van der Waals surface area contributed by atoms with Gasteiger partial charge in [0.1, 0.15) is 0 Å². The summed E-state index contributed by atoms with van der Waals surface area (Å²) < 4.78 is 0. The number of carbonyl (C=O) groups is 2. The van der Waals surface area contributed by atoms with E-state index in [-0.39, 0.29) is 11.7 Å². The summed E-state index contributed by atoms with van der Waals surface area (Å²) in [4.78, 5) is 29.1. The van der Waals surface area contributed by atoms with Gasteiger partial charge in [-0.15, -0.1) is 0 Å². The fourth-order valence-corrected chi connectivity index (χ4v) is 3.06. The molecule has 0 radical (unpaired) electrons. The first-order chi connectivity index (χ1) is 12.5. The molecular formula is C20H22ClN3O2. The number of hydrogen-bond acceptors (Lipinski definition) is 4. The molecule has 0 spiro atoms. The van der Waals surface area contributed by atoms with Crippen molar-refractivity contribution < 1.29 is 9.59 Å². The Hall–Kier alpha value is -2.21. The number of carbonyl (C=O) groups excluding carboxylic acids is 2. The highest BCUT2D eigenvalue weighted by atomic mass is 35.5. The van der Waals surface area contributed by atoms with Crippen LogP contribution in [0.2, 0.25) is 5.02 Å². The molecule has 1 N–H and O–H groups in total. The maximum Gasteiger partial charge on any atom is 0.255 e. The van der Waals surface area contributed by atoms with Crippen LogP contribution in [0.25, 0.3) is 0 Å². The number of hydrogen-bond donors (Lipinski definition) is 1. The molecule has 1 aliphatic rings. The second-order valence-corrected chi connectivity index (χ2v) is 6.98. The van der Waals surface area contributed by atoms with Crippen LogP contribution < -0.4 is 5.32 Å². The molecule has 1 fully saturated rings. The monoisotopic (exact) mass is 371 g/mol. The fraction of sp³-hybridized carbons (Fsp3) is 0.300. The lowest BCUT2D eigenvalue weighted by molar-refractivity contribution is 0.0876. The van der Waals surface area contributed by atoms with Gasteiger partial charge in [-0.1, -0.05) is 17.7 Å². The SMILES string of the molecule is CN1CCN(CC(=O)c2ccc(NC(=O)c3cccc(Cl)c3)cc2)CC1. The smallest absolute Gasteiger partial charge is 0.255 e. The second kappa shape index (κ2) is 8.45. The van der Waals surface area contributed by atoms with Crippen LogP contribution in [-0.4, -0.2) is 61.3 Å². The Morgan fingerprint density at radius 1 is 1.00 bits per heavy atom. The molecule has 1 heterocycles. The van der Waals surface area contributed by atoms with Crippen LogP contribution in [0, 0.1) is 0 Å². The first kappa shape index (κ1) is 18.6. The van der Waals surface area contributed by atoms with Gasteiger partial charge in [0.15, 0.2) is 5.78 Å². The summed E-state index contributed by atoms with van der Waals surface area (Å²) in [6.45, 7) is 4.23. The molecule has 2 aromatic rings. The number of piperazine rings is 1. The maximum absolute atomic E-state index is 12.4. The molecular weight excluding hydrogens is 350 g/mol. The van der Waals surface area contributed by atoms with Crippen LogP contribution in [-0.2, 0) is 0 Å². The van der Waals surface area contributed by atoms with Crippen LogP contribution in [0.4, 0.5) is 5.69 Å². The van der Waals surface area contributed by atoms with Gasteiger partial charge in [-0.25, -0.2) is 0 Å². The van der Waals surface area contributed by atoms with E-state index >= 15 is 0 Å². The Kier molecular flexibility index (Phi) is 6.04. The average molecular weight is 372 g/mol. The molecule has 0 bridgehead atoms. The number of ketones is 1. The average Bonchev–Trinajstić information content (AvgIpc) is 2.64. The van der Waals surface area contributed by atoms with Gasteiger partial charge in [-0.3, -0.25) is 14.5 Å². The van der Waals surface area contributed by atoms with Crippen molar-refractivity contribution >= 4 is 29.0 Å². The van der Waals surface area contributed by atoms with E-state index in [4.69, 9.17) is 11.6 Å². The van der Waals surface area contributed by atoms with Gasteiger partial charge in [0.05, 0.1) is 6.54 Å². The van der Waals surface area contributed by atoms with Crippen molar-refractivity contribution in [2.75, 3.05) is 45.1 Å². The van der Waals surface area contributed by atoms with Crippen molar-refractivity contribution in [1.82, 2.24) is 9.80 Å². The highest BCUT2D eigenvalue weighted by Crippen LogP contribution is 2.15. The molecule has 5 nitrogen and oxygen atoms in total. The van der Waals surface area contributed by atoms with Gasteiger partial charge in [0, 0.05) is 48.0 Å². The van der Waals surface area contributed by atoms with Crippen molar-refractivity contribution in [1.29, 1.82) is 0 Å².